The zero-order valence-corrected chi connectivity index (χ0v) is 9.28. The summed E-state index contributed by atoms with van der Waals surface area (Å²) in [5, 5.41) is 9.21. The molecule has 0 saturated heterocycles. The molecule has 0 fully saturated rings. The number of aromatic hydroxyl groups is 1. The summed E-state index contributed by atoms with van der Waals surface area (Å²) in [6, 6.07) is 6.61. The minimum atomic E-state index is -0.464. The standard InChI is InChI=1S/C12H16O3/c1-12(2,3)15-11(14)8-9-5-4-6-10(13)7-9/h4-7,13H,8H2,1-3H3. The Morgan fingerprint density at radius 2 is 2.07 bits per heavy atom. The molecule has 1 aromatic carbocycles. The van der Waals surface area contributed by atoms with Gasteiger partial charge in [0, 0.05) is 0 Å². The van der Waals surface area contributed by atoms with Crippen LogP contribution in [0.4, 0.5) is 0 Å². The Hall–Kier alpha value is -1.51. The highest BCUT2D eigenvalue weighted by molar-refractivity contribution is 5.73. The summed E-state index contributed by atoms with van der Waals surface area (Å²) in [5.41, 5.74) is 0.290. The largest absolute Gasteiger partial charge is 0.508 e. The SMILES string of the molecule is CC(C)(C)OC(=O)Cc1cccc(O)c1. The number of phenols is 1. The fraction of sp³-hybridized carbons (Fsp3) is 0.417. The Labute approximate surface area is 89.7 Å². The van der Waals surface area contributed by atoms with E-state index in [1.54, 1.807) is 24.3 Å². The van der Waals surface area contributed by atoms with Gasteiger partial charge in [-0.1, -0.05) is 12.1 Å². The van der Waals surface area contributed by atoms with Gasteiger partial charge in [-0.25, -0.2) is 0 Å². The molecule has 0 unspecified atom stereocenters. The summed E-state index contributed by atoms with van der Waals surface area (Å²) >= 11 is 0. The first-order chi connectivity index (χ1) is 6.87. The van der Waals surface area contributed by atoms with Crippen LogP contribution in [0.5, 0.6) is 5.75 Å². The van der Waals surface area contributed by atoms with Crippen LogP contribution in [0, 0.1) is 0 Å². The second-order valence-corrected chi connectivity index (χ2v) is 4.43. The molecular formula is C12H16O3. The minimum Gasteiger partial charge on any atom is -0.508 e. The lowest BCUT2D eigenvalue weighted by Gasteiger charge is -2.19. The molecule has 82 valence electrons. The molecule has 0 aromatic heterocycles. The molecule has 15 heavy (non-hydrogen) atoms. The lowest BCUT2D eigenvalue weighted by Crippen LogP contribution is -2.24. The van der Waals surface area contributed by atoms with Crippen molar-refractivity contribution in [1.29, 1.82) is 0 Å². The third kappa shape index (κ3) is 4.49. The van der Waals surface area contributed by atoms with Crippen LogP contribution in [-0.4, -0.2) is 16.7 Å². The minimum absolute atomic E-state index is 0.163. The molecule has 0 atom stereocenters. The summed E-state index contributed by atoms with van der Waals surface area (Å²) in [6.45, 7) is 5.48. The number of esters is 1. The van der Waals surface area contributed by atoms with Crippen molar-refractivity contribution in [3.8, 4) is 5.75 Å². The number of carbonyl (C=O) groups is 1. The third-order valence-electron chi connectivity index (χ3n) is 1.68. The lowest BCUT2D eigenvalue weighted by molar-refractivity contribution is -0.153. The molecule has 0 saturated carbocycles. The average molecular weight is 208 g/mol. The van der Waals surface area contributed by atoms with Gasteiger partial charge in [0.05, 0.1) is 6.42 Å². The van der Waals surface area contributed by atoms with Crippen molar-refractivity contribution >= 4 is 5.97 Å². The third-order valence-corrected chi connectivity index (χ3v) is 1.68. The van der Waals surface area contributed by atoms with Gasteiger partial charge in [-0.3, -0.25) is 4.79 Å². The Morgan fingerprint density at radius 3 is 2.60 bits per heavy atom. The van der Waals surface area contributed by atoms with Gasteiger partial charge >= 0.3 is 5.97 Å². The number of benzene rings is 1. The van der Waals surface area contributed by atoms with E-state index < -0.39 is 5.60 Å². The van der Waals surface area contributed by atoms with E-state index >= 15 is 0 Å². The molecule has 0 spiro atoms. The van der Waals surface area contributed by atoms with Crippen LogP contribution in [0.15, 0.2) is 24.3 Å². The van der Waals surface area contributed by atoms with Crippen LogP contribution in [0.3, 0.4) is 0 Å². The van der Waals surface area contributed by atoms with Crippen LogP contribution in [-0.2, 0) is 16.0 Å². The number of ether oxygens (including phenoxy) is 1. The van der Waals surface area contributed by atoms with E-state index in [0.717, 1.165) is 5.56 Å². The van der Waals surface area contributed by atoms with Crippen molar-refractivity contribution in [2.45, 2.75) is 32.8 Å². The molecule has 3 nitrogen and oxygen atoms in total. The van der Waals surface area contributed by atoms with Gasteiger partial charge in [0.1, 0.15) is 11.4 Å². The maximum Gasteiger partial charge on any atom is 0.310 e. The highest BCUT2D eigenvalue weighted by Gasteiger charge is 2.16. The quantitative estimate of drug-likeness (QED) is 0.758. The predicted molar refractivity (Wildman–Crippen MR) is 57.7 cm³/mol. The highest BCUT2D eigenvalue weighted by atomic mass is 16.6. The molecule has 0 radical (unpaired) electrons. The molecule has 3 heteroatoms. The Bertz CT molecular complexity index is 350. The first-order valence-corrected chi connectivity index (χ1v) is 4.86. The monoisotopic (exact) mass is 208 g/mol. The normalized spacial score (nSPS) is 11.1. The van der Waals surface area contributed by atoms with Crippen molar-refractivity contribution in [1.82, 2.24) is 0 Å². The number of carbonyl (C=O) groups excluding carboxylic acids is 1. The van der Waals surface area contributed by atoms with Crippen molar-refractivity contribution in [2.75, 3.05) is 0 Å². The second kappa shape index (κ2) is 4.34. The topological polar surface area (TPSA) is 46.5 Å². The maximum atomic E-state index is 11.4. The maximum absolute atomic E-state index is 11.4. The first-order valence-electron chi connectivity index (χ1n) is 4.86. The molecule has 0 bridgehead atoms. The molecule has 1 rings (SSSR count). The van der Waals surface area contributed by atoms with Crippen LogP contribution >= 0.6 is 0 Å². The van der Waals surface area contributed by atoms with Crippen LogP contribution < -0.4 is 0 Å². The molecule has 0 aliphatic heterocycles. The number of hydrogen-bond acceptors (Lipinski definition) is 3. The first kappa shape index (κ1) is 11.6. The lowest BCUT2D eigenvalue weighted by atomic mass is 10.1. The zero-order chi connectivity index (χ0) is 11.5. The molecule has 1 aromatic rings. The summed E-state index contributed by atoms with van der Waals surface area (Å²) < 4.78 is 5.16. The van der Waals surface area contributed by atoms with Crippen molar-refractivity contribution in [3.05, 3.63) is 29.8 Å². The number of phenolic OH excluding ortho intramolecular Hbond substituents is 1. The van der Waals surface area contributed by atoms with Gasteiger partial charge in [0.2, 0.25) is 0 Å². The van der Waals surface area contributed by atoms with E-state index in [2.05, 4.69) is 0 Å². The van der Waals surface area contributed by atoms with Crippen molar-refractivity contribution < 1.29 is 14.6 Å². The molecule has 0 heterocycles. The van der Waals surface area contributed by atoms with Gasteiger partial charge in [-0.15, -0.1) is 0 Å². The van der Waals surface area contributed by atoms with E-state index in [-0.39, 0.29) is 18.1 Å². The Balaban J connectivity index is 2.59. The summed E-state index contributed by atoms with van der Waals surface area (Å²) in [4.78, 5) is 11.4. The van der Waals surface area contributed by atoms with Crippen LogP contribution in [0.2, 0.25) is 0 Å². The van der Waals surface area contributed by atoms with Gasteiger partial charge < -0.3 is 9.84 Å². The van der Waals surface area contributed by atoms with Crippen molar-refractivity contribution in [3.63, 3.8) is 0 Å². The van der Waals surface area contributed by atoms with E-state index in [1.807, 2.05) is 20.8 Å². The van der Waals surface area contributed by atoms with E-state index in [4.69, 9.17) is 4.74 Å². The summed E-state index contributed by atoms with van der Waals surface area (Å²) in [7, 11) is 0. The summed E-state index contributed by atoms with van der Waals surface area (Å²) in [5.74, 6) is -0.121. The fourth-order valence-corrected chi connectivity index (χ4v) is 1.21. The average Bonchev–Trinajstić information content (AvgIpc) is 1.99. The highest BCUT2D eigenvalue weighted by Crippen LogP contribution is 2.14. The van der Waals surface area contributed by atoms with Crippen molar-refractivity contribution in [2.24, 2.45) is 0 Å². The second-order valence-electron chi connectivity index (χ2n) is 4.43. The van der Waals surface area contributed by atoms with Gasteiger partial charge in [0.25, 0.3) is 0 Å². The van der Waals surface area contributed by atoms with Gasteiger partial charge in [-0.2, -0.15) is 0 Å². The Morgan fingerprint density at radius 1 is 1.40 bits per heavy atom. The summed E-state index contributed by atoms with van der Waals surface area (Å²) in [6.07, 6.45) is 0.186. The fourth-order valence-electron chi connectivity index (χ4n) is 1.21. The van der Waals surface area contributed by atoms with Crippen LogP contribution in [0.25, 0.3) is 0 Å². The predicted octanol–water partition coefficient (Wildman–Crippen LogP) is 2.28. The number of rotatable bonds is 2. The molecule has 1 N–H and O–H groups in total. The van der Waals surface area contributed by atoms with E-state index in [9.17, 15) is 9.90 Å². The Kier molecular flexibility index (Phi) is 3.35. The molecule has 0 aliphatic carbocycles. The smallest absolute Gasteiger partial charge is 0.310 e. The zero-order valence-electron chi connectivity index (χ0n) is 9.28. The van der Waals surface area contributed by atoms with Crippen LogP contribution in [0.1, 0.15) is 26.3 Å². The molecule has 0 aliphatic rings. The van der Waals surface area contributed by atoms with E-state index in [1.165, 1.54) is 0 Å². The van der Waals surface area contributed by atoms with Gasteiger partial charge in [0.15, 0.2) is 0 Å². The molecule has 0 amide bonds. The van der Waals surface area contributed by atoms with Gasteiger partial charge in [-0.05, 0) is 38.5 Å². The van der Waals surface area contributed by atoms with E-state index in [0.29, 0.717) is 0 Å². The number of hydrogen-bond donors (Lipinski definition) is 1. The molecular weight excluding hydrogens is 192 g/mol.